The van der Waals surface area contributed by atoms with E-state index in [2.05, 4.69) is 10.3 Å². The highest BCUT2D eigenvalue weighted by Gasteiger charge is 2.25. The van der Waals surface area contributed by atoms with Gasteiger partial charge in [-0.3, -0.25) is 4.79 Å². The first-order valence-electron chi connectivity index (χ1n) is 4.55. The molecule has 88 valence electrons. The molecule has 16 heavy (non-hydrogen) atoms. The number of aromatic carboxylic acids is 1. The maximum atomic E-state index is 11.0. The molecule has 0 aliphatic carbocycles. The summed E-state index contributed by atoms with van der Waals surface area (Å²) < 4.78 is 0. The van der Waals surface area contributed by atoms with Gasteiger partial charge in [-0.1, -0.05) is 0 Å². The molecule has 1 amide bonds. The quantitative estimate of drug-likeness (QED) is 0.708. The normalized spacial score (nSPS) is 11.1. The van der Waals surface area contributed by atoms with Crippen LogP contribution in [0.4, 0.5) is 5.13 Å². The van der Waals surface area contributed by atoms with E-state index in [0.717, 1.165) is 0 Å². The molecule has 0 aliphatic rings. The molecule has 1 aromatic rings. The lowest BCUT2D eigenvalue weighted by molar-refractivity contribution is -0.125. The monoisotopic (exact) mass is 243 g/mol. The molecular weight excluding hydrogens is 230 g/mol. The Morgan fingerprint density at radius 1 is 1.62 bits per heavy atom. The molecule has 4 N–H and O–H groups in total. The number of carboxylic acids is 1. The summed E-state index contributed by atoms with van der Waals surface area (Å²) in [6.07, 6.45) is 0. The second kappa shape index (κ2) is 4.48. The van der Waals surface area contributed by atoms with Gasteiger partial charge >= 0.3 is 5.97 Å². The van der Waals surface area contributed by atoms with Crippen LogP contribution in [0.25, 0.3) is 0 Å². The van der Waals surface area contributed by atoms with E-state index >= 15 is 0 Å². The van der Waals surface area contributed by atoms with E-state index in [1.165, 1.54) is 16.7 Å². The lowest BCUT2D eigenvalue weighted by Gasteiger charge is -2.20. The Balaban J connectivity index is 2.61. The molecule has 0 saturated carbocycles. The van der Waals surface area contributed by atoms with Gasteiger partial charge in [0.2, 0.25) is 5.91 Å². The zero-order valence-electron chi connectivity index (χ0n) is 8.98. The molecule has 0 unspecified atom stereocenters. The average molecular weight is 243 g/mol. The van der Waals surface area contributed by atoms with Gasteiger partial charge in [-0.2, -0.15) is 0 Å². The fourth-order valence-electron chi connectivity index (χ4n) is 0.837. The Labute approximate surface area is 96.5 Å². The Bertz CT molecular complexity index is 414. The third-order valence-corrected chi connectivity index (χ3v) is 2.87. The van der Waals surface area contributed by atoms with Crippen LogP contribution in [0.15, 0.2) is 5.38 Å². The van der Waals surface area contributed by atoms with E-state index in [9.17, 15) is 9.59 Å². The largest absolute Gasteiger partial charge is 0.476 e. The number of aromatic nitrogens is 1. The fraction of sp³-hybridized carbons (Fsp3) is 0.444. The number of carbonyl (C=O) groups is 2. The molecule has 1 aromatic heterocycles. The van der Waals surface area contributed by atoms with Crippen LogP contribution in [-0.2, 0) is 4.79 Å². The fourth-order valence-corrected chi connectivity index (χ4v) is 1.52. The minimum atomic E-state index is -1.07. The lowest BCUT2D eigenvalue weighted by Crippen LogP contribution is -2.37. The van der Waals surface area contributed by atoms with E-state index in [4.69, 9.17) is 10.8 Å². The van der Waals surface area contributed by atoms with Gasteiger partial charge in [-0.05, 0) is 13.8 Å². The number of thiazole rings is 1. The highest BCUT2D eigenvalue weighted by Crippen LogP contribution is 2.19. The number of nitrogens with zero attached hydrogens (tertiary/aromatic N) is 1. The number of anilines is 1. The minimum Gasteiger partial charge on any atom is -0.476 e. The smallest absolute Gasteiger partial charge is 0.355 e. The third-order valence-electron chi connectivity index (χ3n) is 2.07. The number of primary amides is 1. The van der Waals surface area contributed by atoms with Crippen molar-refractivity contribution in [1.29, 1.82) is 0 Å². The highest BCUT2D eigenvalue weighted by atomic mass is 32.1. The van der Waals surface area contributed by atoms with Crippen molar-refractivity contribution in [1.82, 2.24) is 4.98 Å². The van der Waals surface area contributed by atoms with Crippen molar-refractivity contribution in [2.75, 3.05) is 11.9 Å². The molecule has 7 heteroatoms. The Morgan fingerprint density at radius 3 is 2.69 bits per heavy atom. The maximum Gasteiger partial charge on any atom is 0.355 e. The first-order chi connectivity index (χ1) is 7.33. The van der Waals surface area contributed by atoms with Crippen LogP contribution in [0.3, 0.4) is 0 Å². The number of hydrogen-bond acceptors (Lipinski definition) is 5. The predicted octanol–water partition coefficient (Wildman–Crippen LogP) is 0.765. The van der Waals surface area contributed by atoms with Crippen molar-refractivity contribution < 1.29 is 14.7 Å². The number of hydrogen-bond donors (Lipinski definition) is 3. The number of carboxylic acid groups (broad SMARTS) is 1. The summed E-state index contributed by atoms with van der Waals surface area (Å²) in [6, 6.07) is 0. The number of nitrogens with one attached hydrogen (secondary N) is 1. The van der Waals surface area contributed by atoms with Gasteiger partial charge in [0.05, 0.1) is 5.41 Å². The first kappa shape index (κ1) is 12.4. The summed E-state index contributed by atoms with van der Waals surface area (Å²) in [5, 5.41) is 13.4. The molecule has 1 heterocycles. The predicted molar refractivity (Wildman–Crippen MR) is 60.5 cm³/mol. The van der Waals surface area contributed by atoms with Crippen LogP contribution in [0, 0.1) is 5.41 Å². The molecule has 0 saturated heterocycles. The number of amides is 1. The van der Waals surface area contributed by atoms with Crippen LogP contribution in [0.5, 0.6) is 0 Å². The average Bonchev–Trinajstić information content (AvgIpc) is 2.63. The van der Waals surface area contributed by atoms with E-state index in [-0.39, 0.29) is 5.69 Å². The van der Waals surface area contributed by atoms with Gasteiger partial charge in [0.15, 0.2) is 10.8 Å². The summed E-state index contributed by atoms with van der Waals surface area (Å²) in [6.45, 7) is 3.72. The molecule has 0 aromatic carbocycles. The van der Waals surface area contributed by atoms with Crippen LogP contribution >= 0.6 is 11.3 Å². The molecular formula is C9H13N3O3S. The summed E-state index contributed by atoms with van der Waals surface area (Å²) in [4.78, 5) is 25.4. The molecule has 0 radical (unpaired) electrons. The topological polar surface area (TPSA) is 105 Å². The van der Waals surface area contributed by atoms with E-state index < -0.39 is 17.3 Å². The third kappa shape index (κ3) is 2.93. The Morgan fingerprint density at radius 2 is 2.25 bits per heavy atom. The summed E-state index contributed by atoms with van der Waals surface area (Å²) in [7, 11) is 0. The highest BCUT2D eigenvalue weighted by molar-refractivity contribution is 7.13. The first-order valence-corrected chi connectivity index (χ1v) is 5.43. The van der Waals surface area contributed by atoms with Crippen LogP contribution < -0.4 is 11.1 Å². The standard InChI is InChI=1S/C9H13N3O3S/c1-9(2,7(10)15)4-11-8-12-5(3-16-8)6(13)14/h3H,4H2,1-2H3,(H2,10,15)(H,11,12)(H,13,14). The van der Waals surface area contributed by atoms with Crippen LogP contribution in [-0.4, -0.2) is 28.5 Å². The molecule has 0 atom stereocenters. The SMILES string of the molecule is CC(C)(CNc1nc(C(=O)O)cs1)C(N)=O. The Hall–Kier alpha value is -1.63. The van der Waals surface area contributed by atoms with E-state index in [1.807, 2.05) is 0 Å². The second-order valence-electron chi connectivity index (χ2n) is 3.94. The lowest BCUT2D eigenvalue weighted by atomic mass is 9.93. The molecule has 0 spiro atoms. The molecule has 0 aliphatic heterocycles. The van der Waals surface area contributed by atoms with Gasteiger partial charge in [0.1, 0.15) is 0 Å². The van der Waals surface area contributed by atoms with Crippen molar-refractivity contribution in [3.05, 3.63) is 11.1 Å². The van der Waals surface area contributed by atoms with Gasteiger partial charge in [-0.25, -0.2) is 9.78 Å². The number of nitrogens with two attached hydrogens (primary N) is 1. The van der Waals surface area contributed by atoms with Crippen molar-refractivity contribution >= 4 is 28.3 Å². The summed E-state index contributed by atoms with van der Waals surface area (Å²) >= 11 is 1.18. The van der Waals surface area contributed by atoms with Gasteiger partial charge in [-0.15, -0.1) is 11.3 Å². The van der Waals surface area contributed by atoms with Gasteiger partial charge < -0.3 is 16.2 Å². The zero-order chi connectivity index (χ0) is 12.3. The molecule has 6 nitrogen and oxygen atoms in total. The van der Waals surface area contributed by atoms with Crippen LogP contribution in [0.2, 0.25) is 0 Å². The molecule has 1 rings (SSSR count). The number of carbonyl (C=O) groups excluding carboxylic acids is 1. The Kier molecular flexibility index (Phi) is 3.48. The van der Waals surface area contributed by atoms with E-state index in [1.54, 1.807) is 13.8 Å². The number of rotatable bonds is 5. The van der Waals surface area contributed by atoms with Gasteiger partial charge in [0, 0.05) is 11.9 Å². The molecule has 0 fully saturated rings. The maximum absolute atomic E-state index is 11.0. The second-order valence-corrected chi connectivity index (χ2v) is 4.80. The van der Waals surface area contributed by atoms with Crippen molar-refractivity contribution in [2.45, 2.75) is 13.8 Å². The summed E-state index contributed by atoms with van der Waals surface area (Å²) in [5.41, 5.74) is 4.49. The van der Waals surface area contributed by atoms with Crippen molar-refractivity contribution in [2.24, 2.45) is 11.1 Å². The zero-order valence-corrected chi connectivity index (χ0v) is 9.80. The van der Waals surface area contributed by atoms with Crippen LogP contribution in [0.1, 0.15) is 24.3 Å². The molecule has 0 bridgehead atoms. The van der Waals surface area contributed by atoms with Crippen molar-refractivity contribution in [3.8, 4) is 0 Å². The minimum absolute atomic E-state index is 0.00983. The van der Waals surface area contributed by atoms with Crippen molar-refractivity contribution in [3.63, 3.8) is 0 Å². The van der Waals surface area contributed by atoms with Gasteiger partial charge in [0.25, 0.3) is 0 Å². The summed E-state index contributed by atoms with van der Waals surface area (Å²) in [5.74, 6) is -1.49. The van der Waals surface area contributed by atoms with E-state index in [0.29, 0.717) is 11.7 Å².